The van der Waals surface area contributed by atoms with Crippen molar-refractivity contribution in [3.05, 3.63) is 0 Å². The van der Waals surface area contributed by atoms with Gasteiger partial charge in [-0.25, -0.2) is 0 Å². The number of carbonyl (C=O) groups is 2. The second-order valence-electron chi connectivity index (χ2n) is 4.22. The second kappa shape index (κ2) is 12.5. The van der Waals surface area contributed by atoms with Crippen LogP contribution in [0.25, 0.3) is 0 Å². The number of aliphatic hydroxyl groups is 9. The molecule has 0 fully saturated rings. The van der Waals surface area contributed by atoms with Crippen molar-refractivity contribution in [3.8, 4) is 0 Å². The third-order valence-corrected chi connectivity index (χ3v) is 2.49. The van der Waals surface area contributed by atoms with E-state index in [1.807, 2.05) is 0 Å². The highest BCUT2D eigenvalue weighted by atomic mass is 16.4. The molecule has 0 aliphatic carbocycles. The fraction of sp³-hybridized carbons (Fsp3) is 0.818. The summed E-state index contributed by atoms with van der Waals surface area (Å²) < 4.78 is 0. The molecular weight excluding hydrogens is 308 g/mol. The highest BCUT2D eigenvalue weighted by Crippen LogP contribution is 2.03. The van der Waals surface area contributed by atoms with Crippen molar-refractivity contribution >= 4 is 12.6 Å². The second-order valence-corrected chi connectivity index (χ2v) is 4.22. The van der Waals surface area contributed by atoms with Crippen molar-refractivity contribution in [2.45, 2.75) is 42.7 Å². The molecule has 0 aromatic heterocycles. The van der Waals surface area contributed by atoms with Gasteiger partial charge in [-0.1, -0.05) is 0 Å². The zero-order chi connectivity index (χ0) is 17.9. The van der Waals surface area contributed by atoms with Crippen LogP contribution in [0.2, 0.25) is 0 Å². The first-order chi connectivity index (χ1) is 10.2. The molecule has 132 valence electrons. The van der Waals surface area contributed by atoms with Crippen LogP contribution in [0.1, 0.15) is 0 Å². The molecule has 0 spiro atoms. The molecule has 0 aromatic carbocycles. The largest absolute Gasteiger partial charge is 0.394 e. The number of hydrogen-bond donors (Lipinski definition) is 9. The van der Waals surface area contributed by atoms with Gasteiger partial charge in [-0.05, 0) is 0 Å². The molecule has 22 heavy (non-hydrogen) atoms. The molecule has 0 radical (unpaired) electrons. The van der Waals surface area contributed by atoms with E-state index in [1.54, 1.807) is 0 Å². The van der Waals surface area contributed by atoms with E-state index in [1.165, 1.54) is 0 Å². The third kappa shape index (κ3) is 8.43. The topological polar surface area (TPSA) is 216 Å². The first-order valence-electron chi connectivity index (χ1n) is 6.06. The average Bonchev–Trinajstić information content (AvgIpc) is 2.56. The molecule has 0 heterocycles. The lowest BCUT2D eigenvalue weighted by Crippen LogP contribution is -2.46. The van der Waals surface area contributed by atoms with E-state index in [9.17, 15) is 9.59 Å². The van der Waals surface area contributed by atoms with Gasteiger partial charge in [0.05, 0.1) is 13.2 Å². The van der Waals surface area contributed by atoms with Crippen LogP contribution in [0.15, 0.2) is 0 Å². The molecule has 0 unspecified atom stereocenters. The fourth-order valence-electron chi connectivity index (χ4n) is 1.03. The standard InChI is InChI=1S/C6H12O6.C5H10O5/c7-1-3(9)5(11)6(12)4(10)2-8;6-1-3(8)5(10)4(9)2-7/h1,3-6,8-12H,2H2;1,3-5,7-10H,2H2/t3-,4+,5-,6+;3-,4-,5+/m01/s1. The molecule has 0 saturated heterocycles. The number of rotatable bonds is 9. The van der Waals surface area contributed by atoms with Crippen LogP contribution in [-0.2, 0) is 9.59 Å². The summed E-state index contributed by atoms with van der Waals surface area (Å²) in [6.07, 6.45) is -11.5. The molecule has 0 amide bonds. The molecule has 11 heteroatoms. The minimum Gasteiger partial charge on any atom is -0.394 e. The predicted molar refractivity (Wildman–Crippen MR) is 68.3 cm³/mol. The SMILES string of the molecule is O=C[C@@H](O)[C@H](O)[C@H](O)CO.O=C[C@H](O)[C@H](O)[C@H](O)[C@H](O)CO. The van der Waals surface area contributed by atoms with E-state index in [4.69, 9.17) is 46.0 Å². The summed E-state index contributed by atoms with van der Waals surface area (Å²) in [5, 5.41) is 77.6. The van der Waals surface area contributed by atoms with E-state index < -0.39 is 55.9 Å². The Kier molecular flexibility index (Phi) is 13.2. The Morgan fingerprint density at radius 2 is 0.909 bits per heavy atom. The lowest BCUT2D eigenvalue weighted by Gasteiger charge is -2.22. The van der Waals surface area contributed by atoms with Gasteiger partial charge >= 0.3 is 0 Å². The number of hydrogen-bond acceptors (Lipinski definition) is 11. The first-order valence-corrected chi connectivity index (χ1v) is 6.06. The Morgan fingerprint density at radius 1 is 0.591 bits per heavy atom. The zero-order valence-electron chi connectivity index (χ0n) is 11.5. The van der Waals surface area contributed by atoms with Crippen LogP contribution in [0.4, 0.5) is 0 Å². The van der Waals surface area contributed by atoms with Gasteiger partial charge < -0.3 is 55.5 Å². The minimum atomic E-state index is -1.79. The third-order valence-electron chi connectivity index (χ3n) is 2.49. The van der Waals surface area contributed by atoms with E-state index in [0.29, 0.717) is 0 Å². The van der Waals surface area contributed by atoms with Crippen LogP contribution < -0.4 is 0 Å². The maximum absolute atomic E-state index is 9.90. The quantitative estimate of drug-likeness (QED) is 0.181. The summed E-state index contributed by atoms with van der Waals surface area (Å²) in [5.41, 5.74) is 0. The fourth-order valence-corrected chi connectivity index (χ4v) is 1.03. The summed E-state index contributed by atoms with van der Waals surface area (Å²) in [4.78, 5) is 19.7. The molecule has 0 rings (SSSR count). The molecule has 9 N–H and O–H groups in total. The van der Waals surface area contributed by atoms with Gasteiger partial charge in [0.25, 0.3) is 0 Å². The molecular formula is C11H22O11. The molecule has 11 nitrogen and oxygen atoms in total. The normalized spacial score (nSPS) is 20.4. The average molecular weight is 330 g/mol. The lowest BCUT2D eigenvalue weighted by molar-refractivity contribution is -0.136. The number of aldehydes is 2. The van der Waals surface area contributed by atoms with Crippen molar-refractivity contribution in [2.24, 2.45) is 0 Å². The number of aliphatic hydroxyl groups excluding tert-OH is 9. The molecule has 0 saturated carbocycles. The summed E-state index contributed by atoms with van der Waals surface area (Å²) >= 11 is 0. The predicted octanol–water partition coefficient (Wildman–Crippen LogP) is -6.12. The van der Waals surface area contributed by atoms with Crippen molar-refractivity contribution in [3.63, 3.8) is 0 Å². The highest BCUT2D eigenvalue weighted by Gasteiger charge is 2.29. The Morgan fingerprint density at radius 3 is 1.23 bits per heavy atom. The molecule has 0 aliphatic rings. The summed E-state index contributed by atoms with van der Waals surface area (Å²) in [6, 6.07) is 0. The summed E-state index contributed by atoms with van der Waals surface area (Å²) in [6.45, 7) is -1.45. The Hall–Kier alpha value is -1.02. The van der Waals surface area contributed by atoms with Gasteiger partial charge in [-0.3, -0.25) is 0 Å². The van der Waals surface area contributed by atoms with E-state index in [2.05, 4.69) is 0 Å². The molecule has 0 aliphatic heterocycles. The van der Waals surface area contributed by atoms with Crippen LogP contribution in [0.3, 0.4) is 0 Å². The van der Waals surface area contributed by atoms with Gasteiger partial charge in [0.15, 0.2) is 12.6 Å². The highest BCUT2D eigenvalue weighted by molar-refractivity contribution is 5.57. The van der Waals surface area contributed by atoms with Gasteiger partial charge in [0.1, 0.15) is 42.7 Å². The Balaban J connectivity index is 0. The van der Waals surface area contributed by atoms with Crippen LogP contribution >= 0.6 is 0 Å². The van der Waals surface area contributed by atoms with Crippen LogP contribution in [0, 0.1) is 0 Å². The van der Waals surface area contributed by atoms with Gasteiger partial charge in [0, 0.05) is 0 Å². The Bertz CT molecular complexity index is 300. The van der Waals surface area contributed by atoms with E-state index in [-0.39, 0.29) is 12.6 Å². The van der Waals surface area contributed by atoms with Gasteiger partial charge in [-0.2, -0.15) is 0 Å². The van der Waals surface area contributed by atoms with Crippen molar-refractivity contribution in [2.75, 3.05) is 13.2 Å². The zero-order valence-corrected chi connectivity index (χ0v) is 11.5. The van der Waals surface area contributed by atoms with Crippen molar-refractivity contribution < 1.29 is 55.5 Å². The van der Waals surface area contributed by atoms with Crippen molar-refractivity contribution in [1.29, 1.82) is 0 Å². The maximum Gasteiger partial charge on any atom is 0.151 e. The van der Waals surface area contributed by atoms with Crippen LogP contribution in [0.5, 0.6) is 0 Å². The van der Waals surface area contributed by atoms with Crippen molar-refractivity contribution in [1.82, 2.24) is 0 Å². The molecule has 7 atom stereocenters. The minimum absolute atomic E-state index is 0.0258. The Labute approximate surface area is 125 Å². The van der Waals surface area contributed by atoms with E-state index in [0.717, 1.165) is 0 Å². The first kappa shape index (κ1) is 23.2. The van der Waals surface area contributed by atoms with Crippen LogP contribution in [-0.4, -0.2) is 114 Å². The smallest absolute Gasteiger partial charge is 0.151 e. The maximum atomic E-state index is 9.90. The summed E-state index contributed by atoms with van der Waals surface area (Å²) in [5.74, 6) is 0. The van der Waals surface area contributed by atoms with Gasteiger partial charge in [-0.15, -0.1) is 0 Å². The molecule has 0 bridgehead atoms. The summed E-state index contributed by atoms with van der Waals surface area (Å²) in [7, 11) is 0. The number of carbonyl (C=O) groups excluding carboxylic acids is 2. The monoisotopic (exact) mass is 330 g/mol. The van der Waals surface area contributed by atoms with E-state index >= 15 is 0 Å². The molecule has 0 aromatic rings. The lowest BCUT2D eigenvalue weighted by atomic mass is 10.0. The van der Waals surface area contributed by atoms with Gasteiger partial charge in [0.2, 0.25) is 0 Å².